The molecule has 0 atom stereocenters. The lowest BCUT2D eigenvalue weighted by Crippen LogP contribution is -2.58. The summed E-state index contributed by atoms with van der Waals surface area (Å²) in [7, 11) is 0. The molecule has 0 N–H and O–H groups in total. The zero-order valence-corrected chi connectivity index (χ0v) is 18.3. The van der Waals surface area contributed by atoms with Crippen LogP contribution in [0.3, 0.4) is 0 Å². The molecule has 1 aromatic carbocycles. The van der Waals surface area contributed by atoms with Crippen LogP contribution >= 0.6 is 11.6 Å². The van der Waals surface area contributed by atoms with E-state index in [2.05, 4.69) is 9.97 Å². The molecular formula is C22H25ClN2O4. The minimum atomic E-state index is -1.07. The van der Waals surface area contributed by atoms with Gasteiger partial charge in [0.05, 0.1) is 0 Å². The molecule has 0 saturated carbocycles. The lowest BCUT2D eigenvalue weighted by atomic mass is 9.73. The van der Waals surface area contributed by atoms with Crippen LogP contribution in [-0.2, 0) is 20.7 Å². The van der Waals surface area contributed by atoms with Crippen LogP contribution in [0.4, 0.5) is 0 Å². The molecule has 0 amide bonds. The van der Waals surface area contributed by atoms with E-state index in [1.54, 1.807) is 52.9 Å². The highest BCUT2D eigenvalue weighted by Gasteiger charge is 2.53. The predicted octanol–water partition coefficient (Wildman–Crippen LogP) is 4.60. The highest BCUT2D eigenvalue weighted by molar-refractivity contribution is 6.30. The molecule has 0 bridgehead atoms. The summed E-state index contributed by atoms with van der Waals surface area (Å²) in [6, 6.07) is 5.44. The summed E-state index contributed by atoms with van der Waals surface area (Å²) in [4.78, 5) is 34.5. The number of halogens is 1. The van der Waals surface area contributed by atoms with Gasteiger partial charge in [-0.15, -0.1) is 0 Å². The Hall–Kier alpha value is -2.31. The number of hydrogen-bond donors (Lipinski definition) is 0. The SMILES string of the molecule is CCc1ccc(Oc2ncc(C)c(Cl)n2)cc1C1C(=O)C(C)(C)OC(C)(C)C1=O. The number of aromatic nitrogens is 2. The molecule has 1 aliphatic heterocycles. The largest absolute Gasteiger partial charge is 0.424 e. The summed E-state index contributed by atoms with van der Waals surface area (Å²) < 4.78 is 11.6. The van der Waals surface area contributed by atoms with Gasteiger partial charge in [-0.25, -0.2) is 4.98 Å². The molecule has 1 saturated heterocycles. The molecule has 2 heterocycles. The minimum absolute atomic E-state index is 0.0982. The highest BCUT2D eigenvalue weighted by Crippen LogP contribution is 2.40. The number of ketones is 2. The van der Waals surface area contributed by atoms with Crippen molar-refractivity contribution in [3.63, 3.8) is 0 Å². The van der Waals surface area contributed by atoms with E-state index in [4.69, 9.17) is 21.1 Å². The Morgan fingerprint density at radius 2 is 1.76 bits per heavy atom. The van der Waals surface area contributed by atoms with Gasteiger partial charge in [0, 0.05) is 11.8 Å². The van der Waals surface area contributed by atoms with Crippen molar-refractivity contribution in [3.8, 4) is 11.8 Å². The van der Waals surface area contributed by atoms with Gasteiger partial charge in [0.1, 0.15) is 28.0 Å². The van der Waals surface area contributed by atoms with Crippen LogP contribution in [0.25, 0.3) is 0 Å². The molecule has 1 aromatic heterocycles. The zero-order valence-electron chi connectivity index (χ0n) is 17.5. The fourth-order valence-electron chi connectivity index (χ4n) is 3.62. The quantitative estimate of drug-likeness (QED) is 0.535. The smallest absolute Gasteiger partial charge is 0.323 e. The molecule has 3 rings (SSSR count). The van der Waals surface area contributed by atoms with E-state index in [0.717, 1.165) is 11.1 Å². The average molecular weight is 417 g/mol. The second-order valence-electron chi connectivity index (χ2n) is 8.23. The fraction of sp³-hybridized carbons (Fsp3) is 0.455. The summed E-state index contributed by atoms with van der Waals surface area (Å²) in [6.07, 6.45) is 2.24. The van der Waals surface area contributed by atoms with Crippen molar-refractivity contribution < 1.29 is 19.1 Å². The molecule has 2 aromatic rings. The molecule has 0 radical (unpaired) electrons. The maximum absolute atomic E-state index is 13.1. The lowest BCUT2D eigenvalue weighted by molar-refractivity contribution is -0.184. The number of hydrogen-bond acceptors (Lipinski definition) is 6. The maximum Gasteiger partial charge on any atom is 0.323 e. The van der Waals surface area contributed by atoms with Gasteiger partial charge in [-0.3, -0.25) is 9.59 Å². The molecule has 154 valence electrons. The highest BCUT2D eigenvalue weighted by atomic mass is 35.5. The number of aryl methyl sites for hydroxylation is 2. The lowest BCUT2D eigenvalue weighted by Gasteiger charge is -2.43. The molecule has 0 spiro atoms. The van der Waals surface area contributed by atoms with Gasteiger partial charge in [-0.2, -0.15) is 4.98 Å². The standard InChI is InChI=1S/C22H25ClN2O4/c1-7-13-8-9-14(28-20-24-11-12(2)19(23)25-20)10-15(13)16-17(26)21(3,4)29-22(5,6)18(16)27/h8-11,16H,7H2,1-6H3. The van der Waals surface area contributed by atoms with E-state index in [9.17, 15) is 9.59 Å². The first-order valence-electron chi connectivity index (χ1n) is 9.55. The summed E-state index contributed by atoms with van der Waals surface area (Å²) in [5.74, 6) is -1.01. The minimum Gasteiger partial charge on any atom is -0.424 e. The van der Waals surface area contributed by atoms with E-state index in [1.165, 1.54) is 0 Å². The Balaban J connectivity index is 2.05. The first-order chi connectivity index (χ1) is 13.5. The van der Waals surface area contributed by atoms with E-state index < -0.39 is 17.1 Å². The normalized spacial score (nSPS) is 18.7. The number of rotatable bonds is 4. The van der Waals surface area contributed by atoms with Gasteiger partial charge in [0.15, 0.2) is 11.6 Å². The van der Waals surface area contributed by atoms with Crippen molar-refractivity contribution in [1.82, 2.24) is 9.97 Å². The Morgan fingerprint density at radius 3 is 2.31 bits per heavy atom. The third-order valence-corrected chi connectivity index (χ3v) is 5.51. The second-order valence-corrected chi connectivity index (χ2v) is 8.58. The van der Waals surface area contributed by atoms with Crippen LogP contribution in [0.5, 0.6) is 11.8 Å². The molecule has 1 fully saturated rings. The maximum atomic E-state index is 13.1. The molecule has 29 heavy (non-hydrogen) atoms. The Kier molecular flexibility index (Phi) is 5.54. The molecular weight excluding hydrogens is 392 g/mol. The fourth-order valence-corrected chi connectivity index (χ4v) is 3.74. The van der Waals surface area contributed by atoms with E-state index in [-0.39, 0.29) is 17.6 Å². The van der Waals surface area contributed by atoms with Gasteiger partial charge < -0.3 is 9.47 Å². The number of carbonyl (C=O) groups excluding carboxylic acids is 2. The number of ether oxygens (including phenoxy) is 2. The molecule has 6 nitrogen and oxygen atoms in total. The van der Waals surface area contributed by atoms with Crippen LogP contribution < -0.4 is 4.74 Å². The second kappa shape index (κ2) is 7.50. The van der Waals surface area contributed by atoms with Crippen LogP contribution in [0.1, 0.15) is 57.2 Å². The van der Waals surface area contributed by atoms with Crippen LogP contribution in [0.15, 0.2) is 24.4 Å². The number of carbonyl (C=O) groups is 2. The van der Waals surface area contributed by atoms with E-state index >= 15 is 0 Å². The van der Waals surface area contributed by atoms with Crippen molar-refractivity contribution in [3.05, 3.63) is 46.2 Å². The Labute approximate surface area is 175 Å². The van der Waals surface area contributed by atoms with Crippen LogP contribution in [-0.4, -0.2) is 32.7 Å². The molecule has 0 unspecified atom stereocenters. The van der Waals surface area contributed by atoms with Crippen molar-refractivity contribution in [1.29, 1.82) is 0 Å². The average Bonchev–Trinajstić information content (AvgIpc) is 2.63. The number of Topliss-reactive ketones (excluding diaryl/α,β-unsaturated/α-hetero) is 2. The monoisotopic (exact) mass is 416 g/mol. The van der Waals surface area contributed by atoms with Crippen LogP contribution in [0, 0.1) is 6.92 Å². The summed E-state index contributed by atoms with van der Waals surface area (Å²) in [5, 5.41) is 0.304. The molecule has 1 aliphatic rings. The summed E-state index contributed by atoms with van der Waals surface area (Å²) in [6.45, 7) is 10.6. The predicted molar refractivity (Wildman–Crippen MR) is 110 cm³/mol. The van der Waals surface area contributed by atoms with Crippen molar-refractivity contribution >= 4 is 23.2 Å². The van der Waals surface area contributed by atoms with Gasteiger partial charge in [-0.05, 0) is 64.3 Å². The summed E-state index contributed by atoms with van der Waals surface area (Å²) >= 11 is 6.05. The molecule has 0 aliphatic carbocycles. The third kappa shape index (κ3) is 4.05. The van der Waals surface area contributed by atoms with E-state index in [1.807, 2.05) is 13.0 Å². The van der Waals surface area contributed by atoms with Crippen molar-refractivity contribution in [2.24, 2.45) is 0 Å². The zero-order chi connectivity index (χ0) is 21.6. The Bertz CT molecular complexity index is 959. The van der Waals surface area contributed by atoms with Gasteiger partial charge in [0.2, 0.25) is 0 Å². The van der Waals surface area contributed by atoms with Gasteiger partial charge in [-0.1, -0.05) is 24.6 Å². The number of nitrogens with zero attached hydrogens (tertiary/aromatic N) is 2. The third-order valence-electron chi connectivity index (χ3n) is 5.13. The van der Waals surface area contributed by atoms with Gasteiger partial charge >= 0.3 is 6.01 Å². The van der Waals surface area contributed by atoms with Gasteiger partial charge in [0.25, 0.3) is 0 Å². The molecule has 7 heteroatoms. The van der Waals surface area contributed by atoms with Crippen LogP contribution in [0.2, 0.25) is 5.15 Å². The Morgan fingerprint density at radius 1 is 1.14 bits per heavy atom. The first-order valence-corrected chi connectivity index (χ1v) is 9.92. The van der Waals surface area contributed by atoms with Crippen molar-refractivity contribution in [2.45, 2.75) is 65.1 Å². The van der Waals surface area contributed by atoms with E-state index in [0.29, 0.717) is 22.9 Å². The topological polar surface area (TPSA) is 78.4 Å². The number of benzene rings is 1. The summed E-state index contributed by atoms with van der Waals surface area (Å²) in [5.41, 5.74) is 0.127. The first kappa shape index (κ1) is 21.4. The van der Waals surface area contributed by atoms with Crippen molar-refractivity contribution in [2.75, 3.05) is 0 Å².